The molecule has 3 aromatic rings. The Balaban J connectivity index is 1.77. The van der Waals surface area contributed by atoms with Gasteiger partial charge in [0, 0.05) is 23.9 Å². The Hall–Kier alpha value is -2.89. The molecule has 0 aromatic carbocycles. The minimum absolute atomic E-state index is 0.0795. The SMILES string of the molecule is O=C1NCCn2nc(-c3ccnc(-c4ccoc4)c3)cc21. The standard InChI is InChI=1S/C15H12N4O2/c20-15-14-8-13(18-19(14)5-4-17-15)10-1-3-16-12(7-10)11-2-6-21-9-11/h1-3,6-9H,4-5H2,(H,17,20). The highest BCUT2D eigenvalue weighted by Crippen LogP contribution is 2.25. The van der Waals surface area contributed by atoms with E-state index in [9.17, 15) is 4.79 Å². The molecule has 0 saturated carbocycles. The highest BCUT2D eigenvalue weighted by atomic mass is 16.3. The van der Waals surface area contributed by atoms with E-state index >= 15 is 0 Å². The van der Waals surface area contributed by atoms with Crippen molar-refractivity contribution in [2.45, 2.75) is 6.54 Å². The number of carbonyl (C=O) groups is 1. The molecule has 0 radical (unpaired) electrons. The summed E-state index contributed by atoms with van der Waals surface area (Å²) < 4.78 is 6.82. The van der Waals surface area contributed by atoms with Gasteiger partial charge in [-0.3, -0.25) is 14.5 Å². The maximum Gasteiger partial charge on any atom is 0.269 e. The fourth-order valence-corrected chi connectivity index (χ4v) is 2.43. The zero-order valence-corrected chi connectivity index (χ0v) is 11.1. The van der Waals surface area contributed by atoms with Crippen LogP contribution in [0.25, 0.3) is 22.5 Å². The van der Waals surface area contributed by atoms with Crippen LogP contribution in [0.1, 0.15) is 10.5 Å². The molecule has 0 bridgehead atoms. The van der Waals surface area contributed by atoms with Crippen molar-refractivity contribution in [3.63, 3.8) is 0 Å². The van der Waals surface area contributed by atoms with Crippen molar-refractivity contribution in [2.24, 2.45) is 0 Å². The maximum absolute atomic E-state index is 11.8. The zero-order chi connectivity index (χ0) is 14.2. The van der Waals surface area contributed by atoms with Crippen molar-refractivity contribution in [3.05, 3.63) is 48.7 Å². The van der Waals surface area contributed by atoms with Gasteiger partial charge in [-0.1, -0.05) is 0 Å². The molecule has 1 N–H and O–H groups in total. The van der Waals surface area contributed by atoms with Gasteiger partial charge in [-0.25, -0.2) is 0 Å². The van der Waals surface area contributed by atoms with Gasteiger partial charge in [0.1, 0.15) is 5.69 Å². The first-order valence-electron chi connectivity index (χ1n) is 6.66. The summed E-state index contributed by atoms with van der Waals surface area (Å²) in [7, 11) is 0. The molecule has 0 spiro atoms. The molecule has 4 rings (SSSR count). The molecule has 3 aromatic heterocycles. The molecule has 1 aliphatic heterocycles. The van der Waals surface area contributed by atoms with E-state index in [1.807, 2.05) is 24.3 Å². The van der Waals surface area contributed by atoms with E-state index in [1.165, 1.54) is 0 Å². The van der Waals surface area contributed by atoms with Crippen LogP contribution in [-0.2, 0) is 6.54 Å². The van der Waals surface area contributed by atoms with Crippen LogP contribution in [0.2, 0.25) is 0 Å². The second kappa shape index (κ2) is 4.59. The summed E-state index contributed by atoms with van der Waals surface area (Å²) in [6, 6.07) is 7.49. The molecule has 6 nitrogen and oxygen atoms in total. The zero-order valence-electron chi connectivity index (χ0n) is 11.1. The number of hydrogen-bond acceptors (Lipinski definition) is 4. The number of carbonyl (C=O) groups excluding carboxylic acids is 1. The Bertz CT molecular complexity index is 805. The average Bonchev–Trinajstić information content (AvgIpc) is 3.18. The maximum atomic E-state index is 11.8. The third kappa shape index (κ3) is 2.01. The van der Waals surface area contributed by atoms with Crippen LogP contribution in [0.3, 0.4) is 0 Å². The lowest BCUT2D eigenvalue weighted by Gasteiger charge is -2.13. The molecule has 4 heterocycles. The number of nitrogens with one attached hydrogen (secondary N) is 1. The van der Waals surface area contributed by atoms with Gasteiger partial charge in [-0.2, -0.15) is 5.10 Å². The normalized spacial score (nSPS) is 13.8. The Labute approximate surface area is 120 Å². The highest BCUT2D eigenvalue weighted by Gasteiger charge is 2.19. The van der Waals surface area contributed by atoms with Crippen molar-refractivity contribution in [1.29, 1.82) is 0 Å². The number of furan rings is 1. The summed E-state index contributed by atoms with van der Waals surface area (Å²) in [5, 5.41) is 7.31. The third-order valence-electron chi connectivity index (χ3n) is 3.49. The summed E-state index contributed by atoms with van der Waals surface area (Å²) >= 11 is 0. The fraction of sp³-hybridized carbons (Fsp3) is 0.133. The van der Waals surface area contributed by atoms with E-state index in [0.29, 0.717) is 18.8 Å². The summed E-state index contributed by atoms with van der Waals surface area (Å²) in [5.41, 5.74) is 4.03. The lowest BCUT2D eigenvalue weighted by molar-refractivity contribution is 0.0924. The molecule has 0 saturated heterocycles. The summed E-state index contributed by atoms with van der Waals surface area (Å²) in [6.07, 6.45) is 5.00. The number of amides is 1. The van der Waals surface area contributed by atoms with Gasteiger partial charge in [-0.15, -0.1) is 0 Å². The van der Waals surface area contributed by atoms with Crippen LogP contribution in [0, 0.1) is 0 Å². The van der Waals surface area contributed by atoms with Crippen molar-refractivity contribution in [2.75, 3.05) is 6.54 Å². The van der Waals surface area contributed by atoms with Gasteiger partial charge >= 0.3 is 0 Å². The van der Waals surface area contributed by atoms with Gasteiger partial charge in [-0.05, 0) is 24.3 Å². The van der Waals surface area contributed by atoms with Crippen molar-refractivity contribution < 1.29 is 9.21 Å². The molecule has 0 fully saturated rings. The lowest BCUT2D eigenvalue weighted by atomic mass is 10.1. The van der Waals surface area contributed by atoms with Gasteiger partial charge in [0.15, 0.2) is 0 Å². The number of rotatable bonds is 2. The number of hydrogen-bond donors (Lipinski definition) is 1. The van der Waals surface area contributed by atoms with Crippen molar-refractivity contribution in [3.8, 4) is 22.5 Å². The number of nitrogens with zero attached hydrogens (tertiary/aromatic N) is 3. The third-order valence-corrected chi connectivity index (χ3v) is 3.49. The molecule has 104 valence electrons. The number of fused-ring (bicyclic) bond motifs is 1. The predicted molar refractivity (Wildman–Crippen MR) is 75.5 cm³/mol. The van der Waals surface area contributed by atoms with E-state index in [4.69, 9.17) is 4.42 Å². The van der Waals surface area contributed by atoms with E-state index in [-0.39, 0.29) is 5.91 Å². The van der Waals surface area contributed by atoms with Crippen LogP contribution < -0.4 is 5.32 Å². The van der Waals surface area contributed by atoms with Gasteiger partial charge in [0.05, 0.1) is 30.5 Å². The first-order valence-corrected chi connectivity index (χ1v) is 6.66. The first-order chi connectivity index (χ1) is 10.3. The summed E-state index contributed by atoms with van der Waals surface area (Å²) in [4.78, 5) is 16.1. The summed E-state index contributed by atoms with van der Waals surface area (Å²) in [6.45, 7) is 1.31. The highest BCUT2D eigenvalue weighted by molar-refractivity contribution is 5.94. The molecule has 1 aliphatic rings. The van der Waals surface area contributed by atoms with Gasteiger partial charge in [0.2, 0.25) is 0 Å². The van der Waals surface area contributed by atoms with Crippen molar-refractivity contribution in [1.82, 2.24) is 20.1 Å². The number of pyridine rings is 1. The van der Waals surface area contributed by atoms with E-state index < -0.39 is 0 Å². The molecule has 6 heteroatoms. The monoisotopic (exact) mass is 280 g/mol. The second-order valence-electron chi connectivity index (χ2n) is 4.84. The molecule has 1 amide bonds. The van der Waals surface area contributed by atoms with E-state index in [2.05, 4.69) is 15.4 Å². The number of aromatic nitrogens is 3. The Kier molecular flexibility index (Phi) is 2.60. The van der Waals surface area contributed by atoms with E-state index in [0.717, 1.165) is 22.5 Å². The lowest BCUT2D eigenvalue weighted by Crippen LogP contribution is -2.35. The predicted octanol–water partition coefficient (Wildman–Crippen LogP) is 1.95. The Morgan fingerprint density at radius 2 is 2.14 bits per heavy atom. The second-order valence-corrected chi connectivity index (χ2v) is 4.84. The fourth-order valence-electron chi connectivity index (χ4n) is 2.43. The van der Waals surface area contributed by atoms with Crippen LogP contribution in [0.15, 0.2) is 47.4 Å². The van der Waals surface area contributed by atoms with Crippen LogP contribution >= 0.6 is 0 Å². The van der Waals surface area contributed by atoms with Gasteiger partial charge < -0.3 is 9.73 Å². The molecule has 0 aliphatic carbocycles. The summed E-state index contributed by atoms with van der Waals surface area (Å²) in [5.74, 6) is -0.0795. The first kappa shape index (κ1) is 11.9. The molecule has 0 atom stereocenters. The topological polar surface area (TPSA) is 73.0 Å². The quantitative estimate of drug-likeness (QED) is 0.778. The van der Waals surface area contributed by atoms with Crippen LogP contribution in [0.5, 0.6) is 0 Å². The molecular weight excluding hydrogens is 268 g/mol. The Morgan fingerprint density at radius 3 is 2.95 bits per heavy atom. The molecular formula is C15H12N4O2. The largest absolute Gasteiger partial charge is 0.472 e. The molecule has 21 heavy (non-hydrogen) atoms. The molecule has 0 unspecified atom stereocenters. The van der Waals surface area contributed by atoms with Crippen LogP contribution in [0.4, 0.5) is 0 Å². The minimum Gasteiger partial charge on any atom is -0.472 e. The Morgan fingerprint density at radius 1 is 1.19 bits per heavy atom. The van der Waals surface area contributed by atoms with Crippen LogP contribution in [-0.4, -0.2) is 27.2 Å². The van der Waals surface area contributed by atoms with Gasteiger partial charge in [0.25, 0.3) is 5.91 Å². The average molecular weight is 280 g/mol. The smallest absolute Gasteiger partial charge is 0.269 e. The van der Waals surface area contributed by atoms with Crippen molar-refractivity contribution >= 4 is 5.91 Å². The minimum atomic E-state index is -0.0795. The van der Waals surface area contributed by atoms with E-state index in [1.54, 1.807) is 23.4 Å².